The molecule has 190 valence electrons. The highest BCUT2D eigenvalue weighted by Crippen LogP contribution is 2.38. The van der Waals surface area contributed by atoms with E-state index in [1.54, 1.807) is 7.11 Å². The molecule has 1 saturated carbocycles. The molecule has 3 aliphatic rings. The Bertz CT molecular complexity index is 978. The fourth-order valence-corrected chi connectivity index (χ4v) is 6.39. The zero-order valence-electron chi connectivity index (χ0n) is 20.7. The molecule has 0 radical (unpaired) electrons. The number of nitrogens with zero attached hydrogens (tertiary/aromatic N) is 3. The van der Waals surface area contributed by atoms with Crippen molar-refractivity contribution in [1.82, 2.24) is 25.6 Å². The van der Waals surface area contributed by atoms with Gasteiger partial charge in [0, 0.05) is 49.7 Å². The maximum Gasteiger partial charge on any atom is 0.335 e. The fourth-order valence-electron chi connectivity index (χ4n) is 5.68. The zero-order valence-corrected chi connectivity index (χ0v) is 21.5. The van der Waals surface area contributed by atoms with Gasteiger partial charge in [-0.2, -0.15) is 0 Å². The third-order valence-corrected chi connectivity index (χ3v) is 8.42. The lowest BCUT2D eigenvalue weighted by molar-refractivity contribution is 0.0649. The molecule has 0 bridgehead atoms. The van der Waals surface area contributed by atoms with Crippen LogP contribution < -0.4 is 20.8 Å². The molecule has 0 spiro atoms. The van der Waals surface area contributed by atoms with Crippen LogP contribution in [-0.4, -0.2) is 73.3 Å². The van der Waals surface area contributed by atoms with Gasteiger partial charge in [-0.15, -0.1) is 11.3 Å². The second-order valence-corrected chi connectivity index (χ2v) is 10.8. The highest BCUT2D eigenvalue weighted by molar-refractivity contribution is 7.14. The van der Waals surface area contributed by atoms with Crippen LogP contribution in [0.4, 0.5) is 9.93 Å². The van der Waals surface area contributed by atoms with Crippen molar-refractivity contribution in [3.05, 3.63) is 29.1 Å². The normalized spacial score (nSPS) is 22.6. The van der Waals surface area contributed by atoms with Crippen molar-refractivity contribution in [3.8, 4) is 17.0 Å². The molecule has 1 aromatic carbocycles. The number of piperazine rings is 1. The lowest BCUT2D eigenvalue weighted by atomic mass is 9.83. The minimum atomic E-state index is -0.235. The van der Waals surface area contributed by atoms with Crippen LogP contribution in [0.15, 0.2) is 23.6 Å². The molecular formula is C26H38N6O2S. The first-order chi connectivity index (χ1) is 17.2. The van der Waals surface area contributed by atoms with E-state index in [0.717, 1.165) is 56.3 Å². The third kappa shape index (κ3) is 6.14. The SMILES string of the molecule is COc1ccc(C2CCCCC2)cc1-c1csc(NC(=O)NN2CCN(C3CCCNC3)CC2)n1. The number of carbonyl (C=O) groups excluding carboxylic acids is 1. The Morgan fingerprint density at radius 2 is 1.94 bits per heavy atom. The number of hydrazine groups is 1. The summed E-state index contributed by atoms with van der Waals surface area (Å²) in [4.78, 5) is 19.9. The molecule has 1 atom stereocenters. The molecule has 3 N–H and O–H groups in total. The Morgan fingerprint density at radius 3 is 2.69 bits per heavy atom. The fraction of sp³-hybridized carbons (Fsp3) is 0.615. The number of piperidine rings is 1. The van der Waals surface area contributed by atoms with Gasteiger partial charge >= 0.3 is 6.03 Å². The minimum absolute atomic E-state index is 0.235. The van der Waals surface area contributed by atoms with Crippen molar-refractivity contribution in [1.29, 1.82) is 0 Å². The predicted molar refractivity (Wildman–Crippen MR) is 141 cm³/mol. The van der Waals surface area contributed by atoms with Gasteiger partial charge in [-0.1, -0.05) is 25.3 Å². The Balaban J connectivity index is 1.17. The van der Waals surface area contributed by atoms with Crippen molar-refractivity contribution < 1.29 is 9.53 Å². The second kappa shape index (κ2) is 11.7. The van der Waals surface area contributed by atoms with Crippen molar-refractivity contribution >= 4 is 22.5 Å². The molecule has 3 fully saturated rings. The first-order valence-corrected chi connectivity index (χ1v) is 14.0. The number of aromatic nitrogens is 1. The Hall–Kier alpha value is -2.20. The van der Waals surface area contributed by atoms with Crippen LogP contribution in [0.5, 0.6) is 5.75 Å². The van der Waals surface area contributed by atoms with Crippen LogP contribution in [0.1, 0.15) is 56.4 Å². The van der Waals surface area contributed by atoms with Crippen LogP contribution in [0.25, 0.3) is 11.3 Å². The lowest BCUT2D eigenvalue weighted by Gasteiger charge is -2.40. The summed E-state index contributed by atoms with van der Waals surface area (Å²) >= 11 is 1.44. The molecule has 2 saturated heterocycles. The number of benzene rings is 1. The van der Waals surface area contributed by atoms with E-state index in [2.05, 4.69) is 39.2 Å². The zero-order chi connectivity index (χ0) is 24.0. The third-order valence-electron chi connectivity index (χ3n) is 7.66. The van der Waals surface area contributed by atoms with E-state index in [1.807, 2.05) is 10.4 Å². The molecule has 2 amide bonds. The highest BCUT2D eigenvalue weighted by atomic mass is 32.1. The molecule has 1 unspecified atom stereocenters. The van der Waals surface area contributed by atoms with Gasteiger partial charge in [0.2, 0.25) is 0 Å². The Kier molecular flexibility index (Phi) is 8.18. The molecule has 3 heterocycles. The first-order valence-electron chi connectivity index (χ1n) is 13.1. The molecular weight excluding hydrogens is 460 g/mol. The number of nitrogens with one attached hydrogen (secondary N) is 3. The predicted octanol–water partition coefficient (Wildman–Crippen LogP) is 4.27. The van der Waals surface area contributed by atoms with Crippen LogP contribution in [-0.2, 0) is 0 Å². The summed E-state index contributed by atoms with van der Waals surface area (Å²) in [6.07, 6.45) is 8.97. The van der Waals surface area contributed by atoms with Gasteiger partial charge < -0.3 is 10.1 Å². The molecule has 5 rings (SSSR count). The number of ether oxygens (including phenoxy) is 1. The first kappa shape index (κ1) is 24.5. The maximum absolute atomic E-state index is 12.6. The standard InChI is InChI=1S/C26H38N6O2S/c1-34-24-10-9-20(19-6-3-2-4-7-19)16-22(24)23-18-35-26(28-23)29-25(33)30-32-14-12-31(13-15-32)21-8-5-11-27-17-21/h9-10,16,18-19,21,27H,2-8,11-15,17H2,1H3,(H2,28,29,30,33). The number of thiazole rings is 1. The van der Waals surface area contributed by atoms with Gasteiger partial charge in [0.25, 0.3) is 0 Å². The van der Waals surface area contributed by atoms with Crippen LogP contribution in [0.2, 0.25) is 0 Å². The molecule has 2 aliphatic heterocycles. The van der Waals surface area contributed by atoms with E-state index in [1.165, 1.54) is 61.8 Å². The molecule has 8 nitrogen and oxygen atoms in total. The smallest absolute Gasteiger partial charge is 0.335 e. The molecule has 2 aromatic rings. The van der Waals surface area contributed by atoms with Crippen LogP contribution >= 0.6 is 11.3 Å². The van der Waals surface area contributed by atoms with Crippen LogP contribution in [0, 0.1) is 0 Å². The van der Waals surface area contributed by atoms with Gasteiger partial charge in [0.15, 0.2) is 5.13 Å². The minimum Gasteiger partial charge on any atom is -0.496 e. The van der Waals surface area contributed by atoms with E-state index in [-0.39, 0.29) is 6.03 Å². The lowest BCUT2D eigenvalue weighted by Crippen LogP contribution is -2.58. The average Bonchev–Trinajstić information content (AvgIpc) is 3.38. The maximum atomic E-state index is 12.6. The molecule has 1 aliphatic carbocycles. The summed E-state index contributed by atoms with van der Waals surface area (Å²) in [5.41, 5.74) is 6.20. The van der Waals surface area contributed by atoms with Crippen LogP contribution in [0.3, 0.4) is 0 Å². The summed E-state index contributed by atoms with van der Waals surface area (Å²) in [6, 6.07) is 6.88. The monoisotopic (exact) mass is 498 g/mol. The number of amides is 2. The van der Waals surface area contributed by atoms with E-state index < -0.39 is 0 Å². The van der Waals surface area contributed by atoms with Gasteiger partial charge in [-0.3, -0.25) is 15.6 Å². The second-order valence-electron chi connectivity index (χ2n) is 9.92. The number of carbonyl (C=O) groups is 1. The van der Waals surface area contributed by atoms with E-state index >= 15 is 0 Å². The number of anilines is 1. The van der Waals surface area contributed by atoms with Crippen molar-refractivity contribution in [2.24, 2.45) is 0 Å². The van der Waals surface area contributed by atoms with Crippen molar-refractivity contribution in [2.75, 3.05) is 51.7 Å². The van der Waals surface area contributed by atoms with Gasteiger partial charge in [-0.25, -0.2) is 14.8 Å². The van der Waals surface area contributed by atoms with E-state index in [9.17, 15) is 4.79 Å². The summed E-state index contributed by atoms with van der Waals surface area (Å²) < 4.78 is 5.64. The highest BCUT2D eigenvalue weighted by Gasteiger charge is 2.26. The van der Waals surface area contributed by atoms with Gasteiger partial charge in [0.1, 0.15) is 5.75 Å². The number of methoxy groups -OCH3 is 1. The van der Waals surface area contributed by atoms with E-state index in [0.29, 0.717) is 17.1 Å². The molecule has 1 aromatic heterocycles. The summed E-state index contributed by atoms with van der Waals surface area (Å²) in [6.45, 7) is 5.83. The van der Waals surface area contributed by atoms with Gasteiger partial charge in [0.05, 0.1) is 12.8 Å². The Morgan fingerprint density at radius 1 is 1.11 bits per heavy atom. The van der Waals surface area contributed by atoms with Crippen molar-refractivity contribution in [2.45, 2.75) is 56.9 Å². The van der Waals surface area contributed by atoms with Crippen molar-refractivity contribution in [3.63, 3.8) is 0 Å². The summed E-state index contributed by atoms with van der Waals surface area (Å²) in [5.74, 6) is 1.43. The Labute approximate surface area is 212 Å². The number of urea groups is 1. The summed E-state index contributed by atoms with van der Waals surface area (Å²) in [7, 11) is 1.70. The summed E-state index contributed by atoms with van der Waals surface area (Å²) in [5, 5.41) is 11.0. The molecule has 35 heavy (non-hydrogen) atoms. The number of hydrogen-bond donors (Lipinski definition) is 3. The number of hydrogen-bond acceptors (Lipinski definition) is 7. The quantitative estimate of drug-likeness (QED) is 0.552. The average molecular weight is 499 g/mol. The topological polar surface area (TPSA) is 81.8 Å². The van der Waals surface area contributed by atoms with E-state index in [4.69, 9.17) is 9.72 Å². The molecule has 9 heteroatoms. The van der Waals surface area contributed by atoms with Gasteiger partial charge in [-0.05, 0) is 55.8 Å². The number of rotatable bonds is 6. The largest absolute Gasteiger partial charge is 0.496 e.